The van der Waals surface area contributed by atoms with Gasteiger partial charge < -0.3 is 4.74 Å². The van der Waals surface area contributed by atoms with E-state index in [4.69, 9.17) is 16.3 Å². The average molecular weight is 351 g/mol. The molecule has 0 N–H and O–H groups in total. The SMILES string of the molecule is O=C(Oc1ccc(Cl)c2ccccc12)c1cccc(-n2cnnn2)c1. The van der Waals surface area contributed by atoms with Gasteiger partial charge in [-0.2, -0.15) is 0 Å². The van der Waals surface area contributed by atoms with Crippen molar-refractivity contribution in [3.05, 3.63) is 77.6 Å². The van der Waals surface area contributed by atoms with Gasteiger partial charge in [-0.05, 0) is 40.8 Å². The molecule has 25 heavy (non-hydrogen) atoms. The van der Waals surface area contributed by atoms with Crippen LogP contribution in [0.25, 0.3) is 16.5 Å². The fourth-order valence-electron chi connectivity index (χ4n) is 2.54. The molecule has 0 spiro atoms. The van der Waals surface area contributed by atoms with Gasteiger partial charge in [0.15, 0.2) is 0 Å². The van der Waals surface area contributed by atoms with E-state index in [2.05, 4.69) is 15.5 Å². The molecule has 0 saturated heterocycles. The van der Waals surface area contributed by atoms with Crippen molar-refractivity contribution in [2.24, 2.45) is 0 Å². The minimum absolute atomic E-state index is 0.395. The zero-order chi connectivity index (χ0) is 17.2. The molecule has 0 saturated carbocycles. The first-order valence-electron chi connectivity index (χ1n) is 7.45. The molecule has 0 radical (unpaired) electrons. The summed E-state index contributed by atoms with van der Waals surface area (Å²) in [5.74, 6) is -0.0137. The Labute approximate surface area is 147 Å². The van der Waals surface area contributed by atoms with Crippen LogP contribution < -0.4 is 4.74 Å². The van der Waals surface area contributed by atoms with Gasteiger partial charge in [0.25, 0.3) is 0 Å². The Morgan fingerprint density at radius 3 is 2.64 bits per heavy atom. The second-order valence-electron chi connectivity index (χ2n) is 5.29. The number of fused-ring (bicyclic) bond motifs is 1. The predicted molar refractivity (Wildman–Crippen MR) is 93.1 cm³/mol. The molecule has 0 unspecified atom stereocenters. The number of nitrogens with zero attached hydrogens (tertiary/aromatic N) is 4. The maximum absolute atomic E-state index is 12.5. The zero-order valence-electron chi connectivity index (χ0n) is 12.8. The van der Waals surface area contributed by atoms with Crippen molar-refractivity contribution in [1.29, 1.82) is 0 Å². The van der Waals surface area contributed by atoms with Crippen LogP contribution in [0, 0.1) is 0 Å². The number of rotatable bonds is 3. The summed E-state index contributed by atoms with van der Waals surface area (Å²) in [4.78, 5) is 12.5. The van der Waals surface area contributed by atoms with Gasteiger partial charge in [-0.1, -0.05) is 41.9 Å². The minimum atomic E-state index is -0.470. The van der Waals surface area contributed by atoms with Crippen LogP contribution in [0.3, 0.4) is 0 Å². The van der Waals surface area contributed by atoms with E-state index >= 15 is 0 Å². The van der Waals surface area contributed by atoms with Gasteiger partial charge in [-0.15, -0.1) is 5.10 Å². The molecule has 122 valence electrons. The van der Waals surface area contributed by atoms with E-state index in [-0.39, 0.29) is 0 Å². The third-order valence-corrected chi connectivity index (χ3v) is 4.06. The number of aromatic nitrogens is 4. The van der Waals surface area contributed by atoms with Crippen LogP contribution in [-0.2, 0) is 0 Å². The van der Waals surface area contributed by atoms with Crippen molar-refractivity contribution < 1.29 is 9.53 Å². The molecule has 0 atom stereocenters. The summed E-state index contributed by atoms with van der Waals surface area (Å²) in [7, 11) is 0. The number of hydrogen-bond acceptors (Lipinski definition) is 5. The highest BCUT2D eigenvalue weighted by Gasteiger charge is 2.13. The molecule has 0 aliphatic carbocycles. The molecule has 0 bridgehead atoms. The smallest absolute Gasteiger partial charge is 0.343 e. The van der Waals surface area contributed by atoms with Crippen molar-refractivity contribution in [3.8, 4) is 11.4 Å². The van der Waals surface area contributed by atoms with Gasteiger partial charge in [0, 0.05) is 15.8 Å². The predicted octanol–water partition coefficient (Wildman–Crippen LogP) is 3.69. The summed E-state index contributed by atoms with van der Waals surface area (Å²) in [6, 6.07) is 17.8. The number of ether oxygens (including phenoxy) is 1. The van der Waals surface area contributed by atoms with Crippen LogP contribution in [0.2, 0.25) is 5.02 Å². The highest BCUT2D eigenvalue weighted by Crippen LogP contribution is 2.31. The molecule has 0 aliphatic rings. The molecule has 0 amide bonds. The van der Waals surface area contributed by atoms with Gasteiger partial charge in [-0.25, -0.2) is 9.48 Å². The first-order valence-corrected chi connectivity index (χ1v) is 7.83. The largest absolute Gasteiger partial charge is 0.422 e. The molecular weight excluding hydrogens is 340 g/mol. The Morgan fingerprint density at radius 2 is 1.84 bits per heavy atom. The van der Waals surface area contributed by atoms with Gasteiger partial charge in [-0.3, -0.25) is 0 Å². The molecule has 1 aromatic heterocycles. The van der Waals surface area contributed by atoms with Gasteiger partial charge in [0.2, 0.25) is 0 Å². The van der Waals surface area contributed by atoms with Crippen LogP contribution >= 0.6 is 11.6 Å². The summed E-state index contributed by atoms with van der Waals surface area (Å²) < 4.78 is 7.05. The fourth-order valence-corrected chi connectivity index (χ4v) is 2.77. The molecule has 4 aromatic rings. The first kappa shape index (κ1) is 15.3. The number of carbonyl (C=O) groups is 1. The maximum Gasteiger partial charge on any atom is 0.343 e. The number of benzene rings is 3. The quantitative estimate of drug-likeness (QED) is 0.416. The Hall–Kier alpha value is -3.25. The molecule has 0 aliphatic heterocycles. The Morgan fingerprint density at radius 1 is 1.00 bits per heavy atom. The van der Waals surface area contributed by atoms with Crippen molar-refractivity contribution >= 4 is 28.3 Å². The normalized spacial score (nSPS) is 10.8. The maximum atomic E-state index is 12.5. The van der Waals surface area contributed by atoms with Gasteiger partial charge in [0.1, 0.15) is 12.1 Å². The molecule has 7 heteroatoms. The van der Waals surface area contributed by atoms with E-state index in [1.165, 1.54) is 11.0 Å². The highest BCUT2D eigenvalue weighted by molar-refractivity contribution is 6.35. The number of esters is 1. The lowest BCUT2D eigenvalue weighted by Gasteiger charge is -2.09. The number of hydrogen-bond donors (Lipinski definition) is 0. The van der Waals surface area contributed by atoms with Crippen molar-refractivity contribution in [3.63, 3.8) is 0 Å². The van der Waals surface area contributed by atoms with Crippen LogP contribution in [0.1, 0.15) is 10.4 Å². The van der Waals surface area contributed by atoms with E-state index in [0.717, 1.165) is 10.8 Å². The van der Waals surface area contributed by atoms with Gasteiger partial charge >= 0.3 is 5.97 Å². The highest BCUT2D eigenvalue weighted by atomic mass is 35.5. The molecular formula is C18H11ClN4O2. The Balaban J connectivity index is 1.67. The van der Waals surface area contributed by atoms with Crippen molar-refractivity contribution in [1.82, 2.24) is 20.2 Å². The second kappa shape index (κ2) is 6.33. The van der Waals surface area contributed by atoms with Gasteiger partial charge in [0.05, 0.1) is 11.3 Å². The van der Waals surface area contributed by atoms with Crippen LogP contribution in [-0.4, -0.2) is 26.2 Å². The lowest BCUT2D eigenvalue weighted by molar-refractivity contribution is 0.0737. The topological polar surface area (TPSA) is 69.9 Å². The summed E-state index contributed by atoms with van der Waals surface area (Å²) in [6.07, 6.45) is 1.46. The van der Waals surface area contributed by atoms with Crippen molar-refractivity contribution in [2.75, 3.05) is 0 Å². The van der Waals surface area contributed by atoms with E-state index in [1.54, 1.807) is 36.4 Å². The summed E-state index contributed by atoms with van der Waals surface area (Å²) in [6.45, 7) is 0. The van der Waals surface area contributed by atoms with Crippen LogP contribution in [0.5, 0.6) is 5.75 Å². The number of halogens is 1. The molecule has 1 heterocycles. The van der Waals surface area contributed by atoms with Crippen LogP contribution in [0.4, 0.5) is 0 Å². The van der Waals surface area contributed by atoms with E-state index in [1.807, 2.05) is 24.3 Å². The van der Waals surface area contributed by atoms with Crippen LogP contribution in [0.15, 0.2) is 67.0 Å². The second-order valence-corrected chi connectivity index (χ2v) is 5.69. The molecule has 6 nitrogen and oxygen atoms in total. The fraction of sp³-hybridized carbons (Fsp3) is 0. The third-order valence-electron chi connectivity index (χ3n) is 3.73. The average Bonchev–Trinajstić information content (AvgIpc) is 3.19. The molecule has 4 rings (SSSR count). The Kier molecular flexibility index (Phi) is 3.87. The lowest BCUT2D eigenvalue weighted by Crippen LogP contribution is -2.09. The van der Waals surface area contributed by atoms with E-state index < -0.39 is 5.97 Å². The number of tetrazole rings is 1. The monoisotopic (exact) mass is 350 g/mol. The lowest BCUT2D eigenvalue weighted by atomic mass is 10.1. The first-order chi connectivity index (χ1) is 12.2. The van der Waals surface area contributed by atoms with E-state index in [0.29, 0.717) is 22.0 Å². The number of carbonyl (C=O) groups excluding carboxylic acids is 1. The standard InChI is InChI=1S/C18H11ClN4O2/c19-16-8-9-17(15-7-2-1-6-14(15)16)25-18(24)12-4-3-5-13(10-12)23-11-20-21-22-23/h1-11H. The summed E-state index contributed by atoms with van der Waals surface area (Å²) >= 11 is 6.20. The third kappa shape index (κ3) is 2.95. The van der Waals surface area contributed by atoms with Crippen molar-refractivity contribution in [2.45, 2.75) is 0 Å². The Bertz CT molecular complexity index is 1060. The molecule has 3 aromatic carbocycles. The van der Waals surface area contributed by atoms with E-state index in [9.17, 15) is 4.79 Å². The molecule has 0 fully saturated rings. The zero-order valence-corrected chi connectivity index (χ0v) is 13.6. The minimum Gasteiger partial charge on any atom is -0.422 e. The summed E-state index contributed by atoms with van der Waals surface area (Å²) in [5.41, 5.74) is 1.06. The summed E-state index contributed by atoms with van der Waals surface area (Å²) in [5, 5.41) is 13.2.